The van der Waals surface area contributed by atoms with E-state index in [1.807, 2.05) is 44.4 Å². The van der Waals surface area contributed by atoms with Crippen molar-refractivity contribution < 1.29 is 14.3 Å². The van der Waals surface area contributed by atoms with E-state index < -0.39 is 0 Å². The fraction of sp³-hybridized carbons (Fsp3) is 0.360. The van der Waals surface area contributed by atoms with Crippen LogP contribution in [0.15, 0.2) is 36.8 Å². The highest BCUT2D eigenvalue weighted by atomic mass is 16.5. The molecule has 0 unspecified atom stereocenters. The molecule has 0 saturated carbocycles. The van der Waals surface area contributed by atoms with Gasteiger partial charge in [0.2, 0.25) is 0 Å². The van der Waals surface area contributed by atoms with Crippen LogP contribution in [0.25, 0.3) is 5.82 Å². The van der Waals surface area contributed by atoms with Crippen LogP contribution >= 0.6 is 0 Å². The number of nitriles is 1. The Morgan fingerprint density at radius 1 is 1.27 bits per heavy atom. The number of esters is 1. The molecular weight excluding hydrogens is 418 g/mol. The van der Waals surface area contributed by atoms with Crippen molar-refractivity contribution in [3.05, 3.63) is 75.7 Å². The number of pyridine rings is 1. The Kier molecular flexibility index (Phi) is 5.67. The van der Waals surface area contributed by atoms with Gasteiger partial charge in [-0.2, -0.15) is 10.4 Å². The molecule has 8 nitrogen and oxygen atoms in total. The van der Waals surface area contributed by atoms with E-state index in [4.69, 9.17) is 14.7 Å². The zero-order valence-corrected chi connectivity index (χ0v) is 18.7. The Morgan fingerprint density at radius 3 is 2.97 bits per heavy atom. The number of cyclic esters (lactones) is 1. The van der Waals surface area contributed by atoms with E-state index in [0.29, 0.717) is 30.2 Å². The molecule has 1 fully saturated rings. The fourth-order valence-corrected chi connectivity index (χ4v) is 4.50. The van der Waals surface area contributed by atoms with E-state index in [0.717, 1.165) is 53.9 Å². The van der Waals surface area contributed by atoms with Gasteiger partial charge in [-0.05, 0) is 54.7 Å². The SMILES string of the molecule is Cc1cc(-n2cc(CCN3CCO[C@H](c4ccc5c(c4C)COC5=O)C3)cn2)ncc1C#N. The smallest absolute Gasteiger partial charge is 0.338 e. The summed E-state index contributed by atoms with van der Waals surface area (Å²) in [5.74, 6) is 0.469. The van der Waals surface area contributed by atoms with Gasteiger partial charge in [0, 0.05) is 37.6 Å². The molecule has 0 N–H and O–H groups in total. The summed E-state index contributed by atoms with van der Waals surface area (Å²) in [5, 5.41) is 13.5. The molecule has 2 aliphatic heterocycles. The van der Waals surface area contributed by atoms with Crippen molar-refractivity contribution >= 4 is 5.97 Å². The first kappa shape index (κ1) is 21.3. The summed E-state index contributed by atoms with van der Waals surface area (Å²) >= 11 is 0. The molecule has 1 saturated heterocycles. The number of hydrogen-bond donors (Lipinski definition) is 0. The summed E-state index contributed by atoms with van der Waals surface area (Å²) < 4.78 is 13.0. The number of carbonyl (C=O) groups excluding carboxylic acids is 1. The number of morpholine rings is 1. The predicted molar refractivity (Wildman–Crippen MR) is 120 cm³/mol. The predicted octanol–water partition coefficient (Wildman–Crippen LogP) is 3.04. The lowest BCUT2D eigenvalue weighted by atomic mass is 9.94. The molecule has 168 valence electrons. The van der Waals surface area contributed by atoms with Gasteiger partial charge in [0.15, 0.2) is 5.82 Å². The number of hydrogen-bond acceptors (Lipinski definition) is 7. The molecule has 1 aromatic carbocycles. The van der Waals surface area contributed by atoms with Gasteiger partial charge in [0.1, 0.15) is 12.7 Å². The van der Waals surface area contributed by atoms with E-state index in [1.54, 1.807) is 10.9 Å². The summed E-state index contributed by atoms with van der Waals surface area (Å²) in [6.45, 7) is 7.55. The van der Waals surface area contributed by atoms with Crippen molar-refractivity contribution in [3.63, 3.8) is 0 Å². The molecule has 0 amide bonds. The van der Waals surface area contributed by atoms with Crippen LogP contribution in [-0.4, -0.2) is 51.9 Å². The maximum absolute atomic E-state index is 11.8. The molecule has 0 spiro atoms. The zero-order valence-electron chi connectivity index (χ0n) is 18.7. The molecule has 8 heteroatoms. The molecule has 0 radical (unpaired) electrons. The average molecular weight is 444 g/mol. The largest absolute Gasteiger partial charge is 0.457 e. The number of aryl methyl sites for hydroxylation is 1. The van der Waals surface area contributed by atoms with E-state index in [1.165, 1.54) is 0 Å². The summed E-state index contributed by atoms with van der Waals surface area (Å²) in [4.78, 5) is 18.6. The molecular formula is C25H25N5O3. The zero-order chi connectivity index (χ0) is 22.9. The highest BCUT2D eigenvalue weighted by Crippen LogP contribution is 2.32. The van der Waals surface area contributed by atoms with Gasteiger partial charge < -0.3 is 9.47 Å². The number of ether oxygens (including phenoxy) is 2. The van der Waals surface area contributed by atoms with Crippen LogP contribution in [0.5, 0.6) is 0 Å². The van der Waals surface area contributed by atoms with E-state index in [2.05, 4.69) is 21.1 Å². The van der Waals surface area contributed by atoms with Gasteiger partial charge in [-0.15, -0.1) is 0 Å². The van der Waals surface area contributed by atoms with Crippen molar-refractivity contribution in [2.75, 3.05) is 26.2 Å². The maximum atomic E-state index is 11.8. The van der Waals surface area contributed by atoms with Gasteiger partial charge in [0.05, 0.1) is 30.0 Å². The number of carbonyl (C=O) groups is 1. The Bertz CT molecular complexity index is 1260. The van der Waals surface area contributed by atoms with Crippen molar-refractivity contribution in [1.82, 2.24) is 19.7 Å². The van der Waals surface area contributed by atoms with Gasteiger partial charge in [-0.25, -0.2) is 14.5 Å². The van der Waals surface area contributed by atoms with Crippen LogP contribution in [0.3, 0.4) is 0 Å². The monoisotopic (exact) mass is 443 g/mol. The first-order chi connectivity index (χ1) is 16.0. The number of benzene rings is 1. The van der Waals surface area contributed by atoms with Gasteiger partial charge >= 0.3 is 5.97 Å². The standard InChI is InChI=1S/C25H25N5O3/c1-16-9-24(27-12-19(16)10-26)30-13-18(11-28-30)5-6-29-7-8-32-23(14-29)20-3-4-21-22(17(20)2)15-33-25(21)31/h3-4,9,11-13,23H,5-8,14-15H2,1-2H3/t23-/m0/s1. The summed E-state index contributed by atoms with van der Waals surface area (Å²) in [6.07, 6.45) is 6.30. The Balaban J connectivity index is 1.23. The molecule has 0 aliphatic carbocycles. The van der Waals surface area contributed by atoms with Crippen LogP contribution in [-0.2, 0) is 22.5 Å². The Labute approximate surface area is 192 Å². The molecule has 1 atom stereocenters. The quantitative estimate of drug-likeness (QED) is 0.560. The van der Waals surface area contributed by atoms with E-state index >= 15 is 0 Å². The molecule has 3 aromatic rings. The number of aromatic nitrogens is 3. The van der Waals surface area contributed by atoms with Crippen LogP contribution in [0.1, 0.15) is 49.8 Å². The highest BCUT2D eigenvalue weighted by Gasteiger charge is 2.28. The lowest BCUT2D eigenvalue weighted by Crippen LogP contribution is -2.39. The van der Waals surface area contributed by atoms with E-state index in [-0.39, 0.29) is 12.1 Å². The highest BCUT2D eigenvalue weighted by molar-refractivity contribution is 5.93. The first-order valence-corrected chi connectivity index (χ1v) is 11.1. The second-order valence-electron chi connectivity index (χ2n) is 8.55. The normalized spacial score (nSPS) is 18.1. The molecule has 0 bridgehead atoms. The number of rotatable bonds is 5. The van der Waals surface area contributed by atoms with Gasteiger partial charge in [-0.1, -0.05) is 6.07 Å². The Hall–Kier alpha value is -3.54. The molecule has 33 heavy (non-hydrogen) atoms. The lowest BCUT2D eigenvalue weighted by molar-refractivity contribution is -0.0298. The van der Waals surface area contributed by atoms with Crippen LogP contribution in [0.2, 0.25) is 0 Å². The minimum atomic E-state index is -0.238. The third kappa shape index (κ3) is 4.13. The van der Waals surface area contributed by atoms with Gasteiger partial charge in [-0.3, -0.25) is 4.90 Å². The topological polar surface area (TPSA) is 93.3 Å². The lowest BCUT2D eigenvalue weighted by Gasteiger charge is -2.34. The minimum absolute atomic E-state index is 0.0201. The average Bonchev–Trinajstić information content (AvgIpc) is 3.45. The van der Waals surface area contributed by atoms with Crippen molar-refractivity contribution in [1.29, 1.82) is 5.26 Å². The molecule has 2 aromatic heterocycles. The summed E-state index contributed by atoms with van der Waals surface area (Å²) in [7, 11) is 0. The summed E-state index contributed by atoms with van der Waals surface area (Å²) in [5.41, 5.74) is 6.47. The second kappa shape index (κ2) is 8.77. The number of nitrogens with zero attached hydrogens (tertiary/aromatic N) is 5. The van der Waals surface area contributed by atoms with Crippen LogP contribution in [0.4, 0.5) is 0 Å². The van der Waals surface area contributed by atoms with Gasteiger partial charge in [0.25, 0.3) is 0 Å². The first-order valence-electron chi connectivity index (χ1n) is 11.1. The molecule has 4 heterocycles. The third-order valence-electron chi connectivity index (χ3n) is 6.51. The Morgan fingerprint density at radius 2 is 2.15 bits per heavy atom. The fourth-order valence-electron chi connectivity index (χ4n) is 4.50. The second-order valence-corrected chi connectivity index (χ2v) is 8.55. The van der Waals surface area contributed by atoms with Crippen LogP contribution in [0, 0.1) is 25.2 Å². The van der Waals surface area contributed by atoms with Crippen molar-refractivity contribution in [3.8, 4) is 11.9 Å². The van der Waals surface area contributed by atoms with Crippen molar-refractivity contribution in [2.45, 2.75) is 33.0 Å². The van der Waals surface area contributed by atoms with Crippen molar-refractivity contribution in [2.24, 2.45) is 0 Å². The summed E-state index contributed by atoms with van der Waals surface area (Å²) in [6, 6.07) is 7.88. The number of fused-ring (bicyclic) bond motifs is 1. The maximum Gasteiger partial charge on any atom is 0.338 e. The molecule has 2 aliphatic rings. The minimum Gasteiger partial charge on any atom is -0.457 e. The molecule has 5 rings (SSSR count). The van der Waals surface area contributed by atoms with E-state index in [9.17, 15) is 4.79 Å². The van der Waals surface area contributed by atoms with Crippen LogP contribution < -0.4 is 0 Å². The third-order valence-corrected chi connectivity index (χ3v) is 6.51.